The summed E-state index contributed by atoms with van der Waals surface area (Å²) in [5.41, 5.74) is 1.12. The normalized spacial score (nSPS) is 13.1. The third kappa shape index (κ3) is 3.71. The van der Waals surface area contributed by atoms with E-state index >= 15 is 0 Å². The fraction of sp³-hybridized carbons (Fsp3) is 0.556. The Balaban J connectivity index is 4.15. The molecule has 0 rings (SSSR count). The second kappa shape index (κ2) is 5.83. The third-order valence-corrected chi connectivity index (χ3v) is 1.31. The van der Waals surface area contributed by atoms with E-state index in [1.54, 1.807) is 0 Å². The number of rotatable bonds is 4. The molecule has 0 aromatic carbocycles. The molecular weight excluding hydrogens is 138 g/mol. The van der Waals surface area contributed by atoms with Gasteiger partial charge in [0.25, 0.3) is 0 Å². The number of hydrogen-bond donors (Lipinski definition) is 1. The molecule has 2 heteroatoms. The topological polar surface area (TPSA) is 21.3 Å². The number of ether oxygens (including phenoxy) is 1. The van der Waals surface area contributed by atoms with Gasteiger partial charge in [0.15, 0.2) is 0 Å². The van der Waals surface area contributed by atoms with Crippen LogP contribution in [0.5, 0.6) is 0 Å². The smallest absolute Gasteiger partial charge is 0.119 e. The highest BCUT2D eigenvalue weighted by molar-refractivity contribution is 5.22. The Morgan fingerprint density at radius 2 is 2.18 bits per heavy atom. The fourth-order valence-corrected chi connectivity index (χ4v) is 0.868. The maximum absolute atomic E-state index is 5.36. The van der Waals surface area contributed by atoms with Gasteiger partial charge in [0.05, 0.1) is 6.61 Å². The van der Waals surface area contributed by atoms with Crippen molar-refractivity contribution < 1.29 is 4.74 Å². The summed E-state index contributed by atoms with van der Waals surface area (Å²) >= 11 is 0. The van der Waals surface area contributed by atoms with Crippen LogP contribution in [0.15, 0.2) is 23.6 Å². The zero-order valence-corrected chi connectivity index (χ0v) is 7.77. The lowest BCUT2D eigenvalue weighted by Gasteiger charge is -2.07. The first-order valence-electron chi connectivity index (χ1n) is 3.89. The highest BCUT2D eigenvalue weighted by Crippen LogP contribution is 2.08. The quantitative estimate of drug-likeness (QED) is 0.495. The summed E-state index contributed by atoms with van der Waals surface area (Å²) in [5, 5.41) is 2.96. The summed E-state index contributed by atoms with van der Waals surface area (Å²) in [4.78, 5) is 0. The van der Waals surface area contributed by atoms with Gasteiger partial charge in [0.1, 0.15) is 5.76 Å². The van der Waals surface area contributed by atoms with E-state index < -0.39 is 0 Å². The maximum Gasteiger partial charge on any atom is 0.119 e. The minimum Gasteiger partial charge on any atom is -0.494 e. The molecule has 2 nitrogen and oxygen atoms in total. The van der Waals surface area contributed by atoms with E-state index in [2.05, 4.69) is 5.32 Å². The van der Waals surface area contributed by atoms with Crippen molar-refractivity contribution >= 4 is 0 Å². The lowest BCUT2D eigenvalue weighted by molar-refractivity contribution is 0.237. The zero-order valence-electron chi connectivity index (χ0n) is 7.77. The number of nitrogens with one attached hydrogen (secondary N) is 1. The standard InChI is InChI=1S/C9H17NO/c1-5-9(11-6-2)8(3)7-10-4/h5,7,10H,6H2,1-4H3/b8-7-,9-5+. The summed E-state index contributed by atoms with van der Waals surface area (Å²) in [6.07, 6.45) is 3.89. The molecule has 64 valence electrons. The Bertz CT molecular complexity index is 159. The van der Waals surface area contributed by atoms with Gasteiger partial charge >= 0.3 is 0 Å². The second-order valence-electron chi connectivity index (χ2n) is 2.20. The fourth-order valence-electron chi connectivity index (χ4n) is 0.868. The Labute approximate surface area is 68.9 Å². The number of hydrogen-bond acceptors (Lipinski definition) is 2. The van der Waals surface area contributed by atoms with Crippen LogP contribution in [0.2, 0.25) is 0 Å². The van der Waals surface area contributed by atoms with Crippen LogP contribution in [0.4, 0.5) is 0 Å². The van der Waals surface area contributed by atoms with E-state index in [0.29, 0.717) is 6.61 Å². The van der Waals surface area contributed by atoms with Crippen LogP contribution < -0.4 is 5.32 Å². The Kier molecular flexibility index (Phi) is 5.35. The van der Waals surface area contributed by atoms with E-state index in [4.69, 9.17) is 4.74 Å². The third-order valence-electron chi connectivity index (χ3n) is 1.31. The summed E-state index contributed by atoms with van der Waals surface area (Å²) < 4.78 is 5.36. The molecule has 1 N–H and O–H groups in total. The molecule has 0 heterocycles. The van der Waals surface area contributed by atoms with Gasteiger partial charge in [0, 0.05) is 18.8 Å². The lowest BCUT2D eigenvalue weighted by atomic mass is 10.2. The molecule has 0 aromatic rings. The molecule has 0 fully saturated rings. The Hall–Kier alpha value is -0.920. The van der Waals surface area contributed by atoms with Crippen LogP contribution in [0.25, 0.3) is 0 Å². The van der Waals surface area contributed by atoms with Crippen LogP contribution in [0.3, 0.4) is 0 Å². The predicted octanol–water partition coefficient (Wildman–Crippen LogP) is 2.05. The lowest BCUT2D eigenvalue weighted by Crippen LogP contribution is -1.99. The van der Waals surface area contributed by atoms with Crippen molar-refractivity contribution in [2.75, 3.05) is 13.7 Å². The highest BCUT2D eigenvalue weighted by atomic mass is 16.5. The molecule has 11 heavy (non-hydrogen) atoms. The molecule has 0 unspecified atom stereocenters. The monoisotopic (exact) mass is 155 g/mol. The SMILES string of the molecule is C/C=C(OCC)\C(C)=C/NC. The first kappa shape index (κ1) is 10.1. The van der Waals surface area contributed by atoms with Gasteiger partial charge in [0.2, 0.25) is 0 Å². The van der Waals surface area contributed by atoms with Crippen LogP contribution in [-0.2, 0) is 4.74 Å². The summed E-state index contributed by atoms with van der Waals surface area (Å²) in [6.45, 7) is 6.68. The Morgan fingerprint density at radius 1 is 1.55 bits per heavy atom. The average molecular weight is 155 g/mol. The van der Waals surface area contributed by atoms with Crippen molar-refractivity contribution in [3.8, 4) is 0 Å². The molecule has 0 saturated heterocycles. The summed E-state index contributed by atoms with van der Waals surface area (Å²) in [7, 11) is 1.88. The van der Waals surface area contributed by atoms with Crippen molar-refractivity contribution in [2.24, 2.45) is 0 Å². The zero-order chi connectivity index (χ0) is 8.69. The number of allylic oxidation sites excluding steroid dienone is 2. The molecule has 0 radical (unpaired) electrons. The first-order valence-corrected chi connectivity index (χ1v) is 3.89. The highest BCUT2D eigenvalue weighted by Gasteiger charge is 1.96. The van der Waals surface area contributed by atoms with Crippen LogP contribution in [-0.4, -0.2) is 13.7 Å². The van der Waals surface area contributed by atoms with Gasteiger partial charge in [-0.1, -0.05) is 0 Å². The molecule has 0 saturated carbocycles. The van der Waals surface area contributed by atoms with Crippen molar-refractivity contribution in [3.63, 3.8) is 0 Å². The molecule has 0 aliphatic heterocycles. The molecule has 0 amide bonds. The largest absolute Gasteiger partial charge is 0.494 e. The average Bonchev–Trinajstić information content (AvgIpc) is 2.00. The molecule has 0 bridgehead atoms. The van der Waals surface area contributed by atoms with Gasteiger partial charge in [-0.15, -0.1) is 0 Å². The summed E-state index contributed by atoms with van der Waals surface area (Å²) in [6, 6.07) is 0. The van der Waals surface area contributed by atoms with Crippen LogP contribution in [0.1, 0.15) is 20.8 Å². The van der Waals surface area contributed by atoms with Crippen LogP contribution in [0, 0.1) is 0 Å². The van der Waals surface area contributed by atoms with Crippen molar-refractivity contribution in [1.82, 2.24) is 5.32 Å². The van der Waals surface area contributed by atoms with E-state index in [1.165, 1.54) is 0 Å². The van der Waals surface area contributed by atoms with E-state index in [9.17, 15) is 0 Å². The van der Waals surface area contributed by atoms with Crippen molar-refractivity contribution in [3.05, 3.63) is 23.6 Å². The summed E-state index contributed by atoms with van der Waals surface area (Å²) in [5.74, 6) is 0.946. The molecule has 0 aliphatic rings. The van der Waals surface area contributed by atoms with Gasteiger partial charge in [-0.3, -0.25) is 0 Å². The van der Waals surface area contributed by atoms with E-state index in [-0.39, 0.29) is 0 Å². The molecule has 0 aliphatic carbocycles. The van der Waals surface area contributed by atoms with E-state index in [1.807, 2.05) is 40.1 Å². The molecule has 0 spiro atoms. The van der Waals surface area contributed by atoms with Crippen molar-refractivity contribution in [1.29, 1.82) is 0 Å². The molecular formula is C9H17NO. The van der Waals surface area contributed by atoms with Gasteiger partial charge in [-0.2, -0.15) is 0 Å². The van der Waals surface area contributed by atoms with Gasteiger partial charge in [-0.25, -0.2) is 0 Å². The van der Waals surface area contributed by atoms with E-state index in [0.717, 1.165) is 11.3 Å². The minimum absolute atomic E-state index is 0.717. The van der Waals surface area contributed by atoms with Gasteiger partial charge in [-0.05, 0) is 26.8 Å². The second-order valence-corrected chi connectivity index (χ2v) is 2.20. The predicted molar refractivity (Wildman–Crippen MR) is 48.2 cm³/mol. The minimum atomic E-state index is 0.717. The van der Waals surface area contributed by atoms with Crippen molar-refractivity contribution in [2.45, 2.75) is 20.8 Å². The Morgan fingerprint density at radius 3 is 2.55 bits per heavy atom. The van der Waals surface area contributed by atoms with Gasteiger partial charge < -0.3 is 10.1 Å². The first-order chi connectivity index (χ1) is 5.26. The van der Waals surface area contributed by atoms with Crippen LogP contribution >= 0.6 is 0 Å². The molecule has 0 atom stereocenters. The molecule has 0 aromatic heterocycles. The maximum atomic E-state index is 5.36.